The van der Waals surface area contributed by atoms with E-state index in [1.54, 1.807) is 0 Å². The van der Waals surface area contributed by atoms with Crippen LogP contribution in [0.25, 0.3) is 105 Å². The predicted molar refractivity (Wildman–Crippen MR) is 250 cm³/mol. The number of hydrogen-bond donors (Lipinski definition) is 0. The van der Waals surface area contributed by atoms with E-state index in [2.05, 4.69) is 224 Å². The molecule has 12 rings (SSSR count). The maximum Gasteiger partial charge on any atom is 0.0541 e. The highest BCUT2D eigenvalue weighted by Crippen LogP contribution is 2.47. The van der Waals surface area contributed by atoms with E-state index in [1.807, 2.05) is 0 Å². The van der Waals surface area contributed by atoms with E-state index in [1.165, 1.54) is 110 Å². The summed E-state index contributed by atoms with van der Waals surface area (Å²) in [5.74, 6) is 0.408. The summed E-state index contributed by atoms with van der Waals surface area (Å²) in [5.41, 5.74) is 19.1. The molecule has 0 bridgehead atoms. The molecule has 1 aromatic heterocycles. The molecule has 1 heterocycles. The van der Waals surface area contributed by atoms with Crippen LogP contribution in [-0.4, -0.2) is 4.57 Å². The summed E-state index contributed by atoms with van der Waals surface area (Å²) in [4.78, 5) is 0. The minimum absolute atomic E-state index is 0.408. The van der Waals surface area contributed by atoms with Crippen molar-refractivity contribution in [2.24, 2.45) is 0 Å². The highest BCUT2D eigenvalue weighted by molar-refractivity contribution is 6.21. The van der Waals surface area contributed by atoms with Gasteiger partial charge in [0.05, 0.1) is 11.0 Å². The van der Waals surface area contributed by atoms with Crippen molar-refractivity contribution in [2.75, 3.05) is 0 Å². The largest absolute Gasteiger partial charge is 0.309 e. The van der Waals surface area contributed by atoms with Gasteiger partial charge in [-0.3, -0.25) is 0 Å². The standard InChI is InChI=1S/C58H39N/c1-37-45-15-5-6-16-46(45)47-33-29-42(35-53(37)47)38-23-25-39(26-24-38)43-30-34-56-54(36-43)48-17-11-12-22-55(48)59(56)44-31-27-41(28-32-44)58-51-20-9-7-18-49(51)57(40-13-3-2-4-14-40)50-19-8-10-21-52(50)58/h2-37H,1H3. The molecule has 0 saturated heterocycles. The summed E-state index contributed by atoms with van der Waals surface area (Å²) in [6.07, 6.45) is 0. The van der Waals surface area contributed by atoms with Crippen molar-refractivity contribution in [2.45, 2.75) is 12.8 Å². The second kappa shape index (κ2) is 13.3. The van der Waals surface area contributed by atoms with Gasteiger partial charge < -0.3 is 4.57 Å². The molecule has 0 amide bonds. The molecule has 0 radical (unpaired) electrons. The highest BCUT2D eigenvalue weighted by atomic mass is 15.0. The number of benzene rings is 10. The van der Waals surface area contributed by atoms with E-state index in [0.29, 0.717) is 5.92 Å². The van der Waals surface area contributed by atoms with Gasteiger partial charge in [-0.15, -0.1) is 0 Å². The summed E-state index contributed by atoms with van der Waals surface area (Å²) in [7, 11) is 0. The molecule has 1 aliphatic rings. The quantitative estimate of drug-likeness (QED) is 0.154. The van der Waals surface area contributed by atoms with Crippen LogP contribution in [0.1, 0.15) is 24.0 Å². The Kier molecular flexibility index (Phi) is 7.58. The van der Waals surface area contributed by atoms with Gasteiger partial charge in [-0.2, -0.15) is 0 Å². The van der Waals surface area contributed by atoms with Crippen LogP contribution < -0.4 is 0 Å². The van der Waals surface area contributed by atoms with Crippen LogP contribution in [0.5, 0.6) is 0 Å². The molecule has 0 spiro atoms. The minimum Gasteiger partial charge on any atom is -0.309 e. The number of aromatic nitrogens is 1. The average molecular weight is 750 g/mol. The summed E-state index contributed by atoms with van der Waals surface area (Å²) in [5, 5.41) is 7.59. The van der Waals surface area contributed by atoms with Crippen LogP contribution in [0.3, 0.4) is 0 Å². The van der Waals surface area contributed by atoms with Crippen LogP contribution >= 0.6 is 0 Å². The summed E-state index contributed by atoms with van der Waals surface area (Å²) < 4.78 is 2.42. The van der Waals surface area contributed by atoms with Gasteiger partial charge in [-0.25, -0.2) is 0 Å². The Balaban J connectivity index is 0.918. The molecule has 10 aromatic carbocycles. The number of rotatable bonds is 5. The Bertz CT molecular complexity index is 3370. The topological polar surface area (TPSA) is 4.93 Å². The Labute approximate surface area is 344 Å². The number of nitrogens with zero attached hydrogens (tertiary/aromatic N) is 1. The van der Waals surface area contributed by atoms with Crippen LogP contribution in [0.2, 0.25) is 0 Å². The number of fused-ring (bicyclic) bond motifs is 8. The van der Waals surface area contributed by atoms with Gasteiger partial charge in [-0.1, -0.05) is 183 Å². The van der Waals surface area contributed by atoms with Crippen molar-refractivity contribution in [3.63, 3.8) is 0 Å². The van der Waals surface area contributed by atoms with Gasteiger partial charge in [0, 0.05) is 22.4 Å². The van der Waals surface area contributed by atoms with E-state index in [0.717, 1.165) is 5.69 Å². The molecule has 11 aromatic rings. The van der Waals surface area contributed by atoms with Crippen LogP contribution in [-0.2, 0) is 0 Å². The smallest absolute Gasteiger partial charge is 0.0541 e. The van der Waals surface area contributed by atoms with Gasteiger partial charge in [0.1, 0.15) is 0 Å². The van der Waals surface area contributed by atoms with E-state index < -0.39 is 0 Å². The molecule has 1 aliphatic carbocycles. The fraction of sp³-hybridized carbons (Fsp3) is 0.0345. The molecular formula is C58H39N. The molecule has 1 heteroatoms. The van der Waals surface area contributed by atoms with Crippen molar-refractivity contribution >= 4 is 43.4 Å². The van der Waals surface area contributed by atoms with Gasteiger partial charge >= 0.3 is 0 Å². The van der Waals surface area contributed by atoms with E-state index in [9.17, 15) is 0 Å². The zero-order valence-electron chi connectivity index (χ0n) is 32.7. The third-order valence-electron chi connectivity index (χ3n) is 12.9. The zero-order valence-corrected chi connectivity index (χ0v) is 32.7. The van der Waals surface area contributed by atoms with Crippen molar-refractivity contribution in [1.82, 2.24) is 4.57 Å². The van der Waals surface area contributed by atoms with Crippen molar-refractivity contribution < 1.29 is 0 Å². The minimum atomic E-state index is 0.408. The fourth-order valence-electron chi connectivity index (χ4n) is 10.1. The van der Waals surface area contributed by atoms with Crippen LogP contribution in [0.15, 0.2) is 212 Å². The molecule has 0 fully saturated rings. The van der Waals surface area contributed by atoms with E-state index in [4.69, 9.17) is 0 Å². The first-order chi connectivity index (χ1) is 29.2. The third-order valence-corrected chi connectivity index (χ3v) is 12.9. The summed E-state index contributed by atoms with van der Waals surface area (Å²) in [6, 6.07) is 78.5. The van der Waals surface area contributed by atoms with Crippen LogP contribution in [0.4, 0.5) is 0 Å². The van der Waals surface area contributed by atoms with Gasteiger partial charge in [0.2, 0.25) is 0 Å². The molecule has 1 unspecified atom stereocenters. The SMILES string of the molecule is CC1c2ccccc2-c2ccc(-c3ccc(-c4ccc5c(c4)c4ccccc4n5-c4ccc(-c5c6ccccc6c(-c6ccccc6)c6ccccc56)cc4)cc3)cc21. The van der Waals surface area contributed by atoms with Gasteiger partial charge in [0.25, 0.3) is 0 Å². The second-order valence-electron chi connectivity index (χ2n) is 16.0. The Morgan fingerprint density at radius 1 is 0.305 bits per heavy atom. The lowest BCUT2D eigenvalue weighted by atomic mass is 9.86. The lowest BCUT2D eigenvalue weighted by Crippen LogP contribution is -1.94. The molecule has 0 N–H and O–H groups in total. The highest BCUT2D eigenvalue weighted by Gasteiger charge is 2.25. The summed E-state index contributed by atoms with van der Waals surface area (Å²) >= 11 is 0. The van der Waals surface area contributed by atoms with Crippen molar-refractivity contribution in [3.8, 4) is 61.3 Å². The maximum absolute atomic E-state index is 2.42. The van der Waals surface area contributed by atoms with Crippen LogP contribution in [0, 0.1) is 0 Å². The normalized spacial score (nSPS) is 13.3. The third kappa shape index (κ3) is 5.25. The van der Waals surface area contributed by atoms with Gasteiger partial charge in [0.15, 0.2) is 0 Å². The Morgan fingerprint density at radius 2 is 0.763 bits per heavy atom. The molecule has 59 heavy (non-hydrogen) atoms. The van der Waals surface area contributed by atoms with E-state index in [-0.39, 0.29) is 0 Å². The average Bonchev–Trinajstić information content (AvgIpc) is 3.79. The Hall–Kier alpha value is -7.48. The molecule has 1 nitrogen and oxygen atoms in total. The monoisotopic (exact) mass is 749 g/mol. The number of para-hydroxylation sites is 1. The molecule has 1 atom stereocenters. The lowest BCUT2D eigenvalue weighted by Gasteiger charge is -2.18. The maximum atomic E-state index is 2.42. The predicted octanol–water partition coefficient (Wildman–Crippen LogP) is 15.9. The number of hydrogen-bond acceptors (Lipinski definition) is 0. The van der Waals surface area contributed by atoms with Gasteiger partial charge in [-0.05, 0) is 125 Å². The first-order valence-electron chi connectivity index (χ1n) is 20.7. The molecular weight excluding hydrogens is 711 g/mol. The molecule has 276 valence electrons. The first kappa shape index (κ1) is 33.6. The second-order valence-corrected chi connectivity index (χ2v) is 16.0. The fourth-order valence-corrected chi connectivity index (χ4v) is 10.1. The van der Waals surface area contributed by atoms with Crippen molar-refractivity contribution in [1.29, 1.82) is 0 Å². The Morgan fingerprint density at radius 3 is 1.42 bits per heavy atom. The lowest BCUT2D eigenvalue weighted by molar-refractivity contribution is 0.957. The molecule has 0 saturated carbocycles. The van der Waals surface area contributed by atoms with E-state index >= 15 is 0 Å². The molecule has 0 aliphatic heterocycles. The zero-order chi connectivity index (χ0) is 39.0. The summed E-state index contributed by atoms with van der Waals surface area (Å²) in [6.45, 7) is 2.33. The first-order valence-corrected chi connectivity index (χ1v) is 20.7. The van der Waals surface area contributed by atoms with Crippen molar-refractivity contribution in [3.05, 3.63) is 223 Å².